The number of nitrogens with two attached hydrogens (primary N) is 1. The molecule has 19 heavy (non-hydrogen) atoms. The van der Waals surface area contributed by atoms with E-state index in [9.17, 15) is 4.79 Å². The van der Waals surface area contributed by atoms with Gasteiger partial charge in [0.1, 0.15) is 5.82 Å². The van der Waals surface area contributed by atoms with Gasteiger partial charge in [0.25, 0.3) is 5.91 Å². The smallest absolute Gasteiger partial charge is 0.256 e. The fraction of sp³-hybridized carbons (Fsp3) is 0.143. The monoisotopic (exact) mass is 319 g/mol. The van der Waals surface area contributed by atoms with Crippen molar-refractivity contribution >= 4 is 33.3 Å². The van der Waals surface area contributed by atoms with E-state index in [4.69, 9.17) is 5.73 Å². The SMILES string of the molecule is Cc1cc(C)nc(NC(=O)c2ccc(N)c(Br)c2)c1. The number of amides is 1. The van der Waals surface area contributed by atoms with Gasteiger partial charge in [-0.3, -0.25) is 4.79 Å². The normalized spacial score (nSPS) is 10.3. The topological polar surface area (TPSA) is 68.0 Å². The maximum absolute atomic E-state index is 12.1. The van der Waals surface area contributed by atoms with Gasteiger partial charge in [-0.25, -0.2) is 4.98 Å². The van der Waals surface area contributed by atoms with E-state index in [1.807, 2.05) is 26.0 Å². The number of halogens is 1. The second kappa shape index (κ2) is 5.40. The third kappa shape index (κ3) is 3.32. The van der Waals surface area contributed by atoms with E-state index in [1.165, 1.54) is 0 Å². The van der Waals surface area contributed by atoms with Crippen LogP contribution in [0, 0.1) is 13.8 Å². The van der Waals surface area contributed by atoms with Gasteiger partial charge >= 0.3 is 0 Å². The second-order valence-electron chi connectivity index (χ2n) is 4.36. The standard InChI is InChI=1S/C14H14BrN3O/c1-8-5-9(2)17-13(6-8)18-14(19)10-3-4-12(16)11(15)7-10/h3-7H,16H2,1-2H3,(H,17,18,19). The van der Waals surface area contributed by atoms with Crippen LogP contribution in [0.2, 0.25) is 0 Å². The molecule has 0 saturated heterocycles. The average Bonchev–Trinajstić information content (AvgIpc) is 2.31. The van der Waals surface area contributed by atoms with Gasteiger partial charge in [0.15, 0.2) is 0 Å². The summed E-state index contributed by atoms with van der Waals surface area (Å²) in [7, 11) is 0. The molecule has 0 atom stereocenters. The van der Waals surface area contributed by atoms with Crippen LogP contribution in [-0.4, -0.2) is 10.9 Å². The lowest BCUT2D eigenvalue weighted by Crippen LogP contribution is -2.13. The Hall–Kier alpha value is -1.88. The molecule has 2 rings (SSSR count). The molecule has 0 radical (unpaired) electrons. The number of anilines is 2. The highest BCUT2D eigenvalue weighted by molar-refractivity contribution is 9.10. The van der Waals surface area contributed by atoms with Crippen molar-refractivity contribution in [1.29, 1.82) is 0 Å². The van der Waals surface area contributed by atoms with Gasteiger partial charge in [-0.15, -0.1) is 0 Å². The summed E-state index contributed by atoms with van der Waals surface area (Å²) in [5, 5.41) is 2.77. The maximum Gasteiger partial charge on any atom is 0.256 e. The van der Waals surface area contributed by atoms with Crippen molar-refractivity contribution in [1.82, 2.24) is 4.98 Å². The largest absolute Gasteiger partial charge is 0.398 e. The molecule has 0 fully saturated rings. The second-order valence-corrected chi connectivity index (χ2v) is 5.22. The molecule has 98 valence electrons. The van der Waals surface area contributed by atoms with Gasteiger partial charge < -0.3 is 11.1 Å². The van der Waals surface area contributed by atoms with E-state index in [2.05, 4.69) is 26.2 Å². The number of nitrogens with one attached hydrogen (secondary N) is 1. The molecule has 1 amide bonds. The van der Waals surface area contributed by atoms with E-state index in [0.29, 0.717) is 21.5 Å². The highest BCUT2D eigenvalue weighted by Gasteiger charge is 2.09. The quantitative estimate of drug-likeness (QED) is 0.834. The number of aromatic nitrogens is 1. The zero-order valence-electron chi connectivity index (χ0n) is 10.7. The fourth-order valence-electron chi connectivity index (χ4n) is 1.76. The first-order chi connectivity index (χ1) is 8.95. The van der Waals surface area contributed by atoms with Crippen molar-refractivity contribution in [3.63, 3.8) is 0 Å². The van der Waals surface area contributed by atoms with Crippen molar-refractivity contribution in [2.45, 2.75) is 13.8 Å². The van der Waals surface area contributed by atoms with Crippen LogP contribution in [0.25, 0.3) is 0 Å². The van der Waals surface area contributed by atoms with Crippen LogP contribution in [0.4, 0.5) is 11.5 Å². The lowest BCUT2D eigenvalue weighted by atomic mass is 10.2. The highest BCUT2D eigenvalue weighted by Crippen LogP contribution is 2.21. The zero-order valence-corrected chi connectivity index (χ0v) is 12.3. The molecular weight excluding hydrogens is 306 g/mol. The minimum Gasteiger partial charge on any atom is -0.398 e. The lowest BCUT2D eigenvalue weighted by Gasteiger charge is -2.07. The number of nitrogen functional groups attached to an aromatic ring is 1. The minimum absolute atomic E-state index is 0.210. The van der Waals surface area contributed by atoms with Crippen LogP contribution in [0.15, 0.2) is 34.8 Å². The summed E-state index contributed by atoms with van der Waals surface area (Å²) < 4.78 is 0.702. The van der Waals surface area contributed by atoms with E-state index < -0.39 is 0 Å². The number of carbonyl (C=O) groups is 1. The number of pyridine rings is 1. The molecule has 4 nitrogen and oxygen atoms in total. The average molecular weight is 320 g/mol. The lowest BCUT2D eigenvalue weighted by molar-refractivity contribution is 0.102. The molecule has 0 aliphatic carbocycles. The van der Waals surface area contributed by atoms with Crippen molar-refractivity contribution < 1.29 is 4.79 Å². The van der Waals surface area contributed by atoms with Crippen LogP contribution in [0.3, 0.4) is 0 Å². The van der Waals surface area contributed by atoms with Crippen LogP contribution in [0.1, 0.15) is 21.6 Å². The summed E-state index contributed by atoms with van der Waals surface area (Å²) in [4.78, 5) is 16.4. The molecule has 3 N–H and O–H groups in total. The summed E-state index contributed by atoms with van der Waals surface area (Å²) in [6.45, 7) is 3.85. The predicted octanol–water partition coefficient (Wildman–Crippen LogP) is 3.30. The molecule has 2 aromatic rings. The van der Waals surface area contributed by atoms with Crippen molar-refractivity contribution in [3.05, 3.63) is 51.6 Å². The Kier molecular flexibility index (Phi) is 3.85. The molecule has 0 unspecified atom stereocenters. The molecule has 5 heteroatoms. The predicted molar refractivity (Wildman–Crippen MR) is 80.2 cm³/mol. The Balaban J connectivity index is 2.22. The highest BCUT2D eigenvalue weighted by atomic mass is 79.9. The third-order valence-electron chi connectivity index (χ3n) is 2.60. The summed E-state index contributed by atoms with van der Waals surface area (Å²) in [5.41, 5.74) is 8.74. The Bertz CT molecular complexity index is 620. The van der Waals surface area contributed by atoms with Gasteiger partial charge in [-0.05, 0) is 65.7 Å². The Morgan fingerprint density at radius 3 is 2.63 bits per heavy atom. The summed E-state index contributed by atoms with van der Waals surface area (Å²) >= 11 is 3.30. The number of nitrogens with zero attached hydrogens (tertiary/aromatic N) is 1. The molecule has 1 aromatic carbocycles. The van der Waals surface area contributed by atoms with Crippen LogP contribution in [0.5, 0.6) is 0 Å². The molecule has 1 aromatic heterocycles. The fourth-order valence-corrected chi connectivity index (χ4v) is 2.14. The van der Waals surface area contributed by atoms with Crippen LogP contribution < -0.4 is 11.1 Å². The van der Waals surface area contributed by atoms with Crippen molar-refractivity contribution in [2.75, 3.05) is 11.1 Å². The van der Waals surface area contributed by atoms with Crippen LogP contribution >= 0.6 is 15.9 Å². The summed E-state index contributed by atoms with van der Waals surface area (Å²) in [6, 6.07) is 8.84. The first kappa shape index (κ1) is 13.5. The number of aryl methyl sites for hydroxylation is 2. The van der Waals surface area contributed by atoms with Gasteiger partial charge in [0, 0.05) is 21.4 Å². The molecule has 1 heterocycles. The number of rotatable bonds is 2. The van der Waals surface area contributed by atoms with E-state index in [0.717, 1.165) is 11.3 Å². The molecule has 0 spiro atoms. The first-order valence-corrected chi connectivity index (χ1v) is 6.56. The zero-order chi connectivity index (χ0) is 14.0. The molecule has 0 aliphatic rings. The van der Waals surface area contributed by atoms with E-state index in [1.54, 1.807) is 18.2 Å². The molecule has 0 saturated carbocycles. The van der Waals surface area contributed by atoms with E-state index >= 15 is 0 Å². The van der Waals surface area contributed by atoms with E-state index in [-0.39, 0.29) is 5.91 Å². The van der Waals surface area contributed by atoms with Crippen molar-refractivity contribution in [2.24, 2.45) is 0 Å². The van der Waals surface area contributed by atoms with Gasteiger partial charge in [-0.2, -0.15) is 0 Å². The molecule has 0 aliphatic heterocycles. The van der Waals surface area contributed by atoms with Gasteiger partial charge in [0.05, 0.1) is 0 Å². The summed E-state index contributed by atoms with van der Waals surface area (Å²) in [6.07, 6.45) is 0. The van der Waals surface area contributed by atoms with Gasteiger partial charge in [-0.1, -0.05) is 0 Å². The molecular formula is C14H14BrN3O. The van der Waals surface area contributed by atoms with Gasteiger partial charge in [0.2, 0.25) is 0 Å². The minimum atomic E-state index is -0.210. The number of carbonyl (C=O) groups excluding carboxylic acids is 1. The van der Waals surface area contributed by atoms with Crippen molar-refractivity contribution in [3.8, 4) is 0 Å². The number of benzene rings is 1. The Morgan fingerprint density at radius 2 is 2.00 bits per heavy atom. The molecule has 0 bridgehead atoms. The number of hydrogen-bond donors (Lipinski definition) is 2. The third-order valence-corrected chi connectivity index (χ3v) is 3.29. The maximum atomic E-state index is 12.1. The Labute approximate surface area is 120 Å². The Morgan fingerprint density at radius 1 is 1.26 bits per heavy atom. The van der Waals surface area contributed by atoms with Crippen LogP contribution in [-0.2, 0) is 0 Å². The first-order valence-electron chi connectivity index (χ1n) is 5.77. The number of hydrogen-bond acceptors (Lipinski definition) is 3. The summed E-state index contributed by atoms with van der Waals surface area (Å²) in [5.74, 6) is 0.341.